The molecule has 4 nitrogen and oxygen atoms in total. The summed E-state index contributed by atoms with van der Waals surface area (Å²) in [6, 6.07) is 0. The van der Waals surface area contributed by atoms with Crippen molar-refractivity contribution in [2.24, 2.45) is 23.2 Å². The van der Waals surface area contributed by atoms with Crippen molar-refractivity contribution in [2.75, 3.05) is 0 Å². The highest BCUT2D eigenvalue weighted by Crippen LogP contribution is 2.57. The molecule has 0 amide bonds. The van der Waals surface area contributed by atoms with Gasteiger partial charge in [0.1, 0.15) is 6.10 Å². The van der Waals surface area contributed by atoms with Crippen LogP contribution in [-0.4, -0.2) is 34.5 Å². The smallest absolute Gasteiger partial charge is 0.309 e. The molecule has 2 N–H and O–H groups in total. The fraction of sp³-hybridized carbons (Fsp3) is 0.800. The Balaban J connectivity index is 2.00. The van der Waals surface area contributed by atoms with E-state index in [0.717, 1.165) is 18.4 Å². The number of hydrogen-bond acceptors (Lipinski definition) is 4. The highest BCUT2D eigenvalue weighted by atomic mass is 16.6. The third-order valence-corrected chi connectivity index (χ3v) is 5.78. The molecule has 0 unspecified atom stereocenters. The number of hydrogen-bond donors (Lipinski definition) is 2. The summed E-state index contributed by atoms with van der Waals surface area (Å²) in [7, 11) is 0. The molecule has 2 saturated carbocycles. The fourth-order valence-corrected chi connectivity index (χ4v) is 4.37. The molecule has 0 aromatic carbocycles. The van der Waals surface area contributed by atoms with Crippen molar-refractivity contribution in [3.05, 3.63) is 12.2 Å². The van der Waals surface area contributed by atoms with Gasteiger partial charge in [0.2, 0.25) is 0 Å². The van der Waals surface area contributed by atoms with Gasteiger partial charge in [0, 0.05) is 23.7 Å². The van der Waals surface area contributed by atoms with Gasteiger partial charge >= 0.3 is 5.97 Å². The van der Waals surface area contributed by atoms with E-state index in [4.69, 9.17) is 4.74 Å². The average molecular weight is 266 g/mol. The van der Waals surface area contributed by atoms with E-state index in [9.17, 15) is 15.0 Å². The summed E-state index contributed by atoms with van der Waals surface area (Å²) in [6.07, 6.45) is 0.609. The third-order valence-electron chi connectivity index (χ3n) is 5.78. The zero-order chi connectivity index (χ0) is 13.9. The van der Waals surface area contributed by atoms with Gasteiger partial charge in [-0.25, -0.2) is 0 Å². The van der Waals surface area contributed by atoms with Crippen LogP contribution in [0.1, 0.15) is 33.1 Å². The zero-order valence-corrected chi connectivity index (χ0v) is 11.5. The Hall–Kier alpha value is -0.870. The second-order valence-electron chi connectivity index (χ2n) is 6.72. The van der Waals surface area contributed by atoms with Crippen molar-refractivity contribution in [1.82, 2.24) is 0 Å². The standard InChI is InChI=1S/C15H22O4/c1-7-9-4-5-15(3)11(17)6-10(16)8(2)12(15)13(9)19-14(7)18/h7,9-13,16-17H,2,4-6H2,1,3H3/t7-,9-,10+,11-,12-,13-,15-/m0/s1. The van der Waals surface area contributed by atoms with E-state index in [0.29, 0.717) is 6.42 Å². The van der Waals surface area contributed by atoms with Crippen molar-refractivity contribution < 1.29 is 19.7 Å². The number of carbonyl (C=O) groups is 1. The first kappa shape index (κ1) is 13.1. The monoisotopic (exact) mass is 266 g/mol. The Kier molecular flexibility index (Phi) is 2.81. The minimum Gasteiger partial charge on any atom is -0.461 e. The van der Waals surface area contributed by atoms with Crippen LogP contribution in [-0.2, 0) is 9.53 Å². The van der Waals surface area contributed by atoms with Gasteiger partial charge in [-0.2, -0.15) is 0 Å². The van der Waals surface area contributed by atoms with Crippen LogP contribution in [0.4, 0.5) is 0 Å². The third kappa shape index (κ3) is 1.62. The Morgan fingerprint density at radius 2 is 2.11 bits per heavy atom. The molecule has 0 spiro atoms. The molecule has 0 aromatic rings. The molecule has 19 heavy (non-hydrogen) atoms. The first-order chi connectivity index (χ1) is 8.86. The maximum atomic E-state index is 11.8. The summed E-state index contributed by atoms with van der Waals surface area (Å²) in [5.74, 6) is -0.168. The van der Waals surface area contributed by atoms with Gasteiger partial charge in [0.05, 0.1) is 18.1 Å². The molecule has 3 rings (SSSR count). The number of esters is 1. The van der Waals surface area contributed by atoms with Gasteiger partial charge in [-0.1, -0.05) is 20.4 Å². The highest BCUT2D eigenvalue weighted by Gasteiger charge is 2.60. The molecule has 1 aliphatic heterocycles. The minimum absolute atomic E-state index is 0.0847. The van der Waals surface area contributed by atoms with Crippen LogP contribution in [0.2, 0.25) is 0 Å². The second-order valence-corrected chi connectivity index (χ2v) is 6.72. The molecule has 0 radical (unpaired) electrons. The molecule has 3 aliphatic rings. The average Bonchev–Trinajstić information content (AvgIpc) is 2.63. The van der Waals surface area contributed by atoms with Crippen molar-refractivity contribution in [3.63, 3.8) is 0 Å². The van der Waals surface area contributed by atoms with Crippen molar-refractivity contribution in [3.8, 4) is 0 Å². The van der Waals surface area contributed by atoms with Crippen molar-refractivity contribution in [2.45, 2.75) is 51.4 Å². The van der Waals surface area contributed by atoms with Crippen molar-refractivity contribution in [1.29, 1.82) is 0 Å². The Labute approximate surface area is 113 Å². The van der Waals surface area contributed by atoms with Gasteiger partial charge in [-0.15, -0.1) is 0 Å². The van der Waals surface area contributed by atoms with Crippen LogP contribution in [0.15, 0.2) is 12.2 Å². The normalized spacial score (nSPS) is 53.5. The predicted octanol–water partition coefficient (Wildman–Crippen LogP) is 1.26. The second kappa shape index (κ2) is 4.06. The summed E-state index contributed by atoms with van der Waals surface area (Å²) < 4.78 is 5.56. The van der Waals surface area contributed by atoms with Crippen LogP contribution in [0.3, 0.4) is 0 Å². The molecule has 1 heterocycles. The lowest BCUT2D eigenvalue weighted by atomic mass is 9.53. The number of ether oxygens (including phenoxy) is 1. The first-order valence-electron chi connectivity index (χ1n) is 7.11. The minimum atomic E-state index is -0.693. The van der Waals surface area contributed by atoms with Crippen LogP contribution in [0.5, 0.6) is 0 Å². The molecule has 106 valence electrons. The summed E-state index contributed by atoms with van der Waals surface area (Å²) in [6.45, 7) is 7.96. The van der Waals surface area contributed by atoms with Gasteiger partial charge in [-0.05, 0) is 18.4 Å². The summed E-state index contributed by atoms with van der Waals surface area (Å²) in [5, 5.41) is 20.4. The number of aliphatic hydroxyl groups is 2. The van der Waals surface area contributed by atoms with E-state index in [2.05, 4.69) is 6.58 Å². The molecule has 3 fully saturated rings. The first-order valence-corrected chi connectivity index (χ1v) is 7.11. The zero-order valence-electron chi connectivity index (χ0n) is 11.5. The fourth-order valence-electron chi connectivity index (χ4n) is 4.37. The van der Waals surface area contributed by atoms with Crippen LogP contribution < -0.4 is 0 Å². The van der Waals surface area contributed by atoms with Gasteiger partial charge in [0.25, 0.3) is 0 Å². The van der Waals surface area contributed by atoms with Gasteiger partial charge in [-0.3, -0.25) is 4.79 Å². The van der Waals surface area contributed by atoms with E-state index in [-0.39, 0.29) is 35.2 Å². The Morgan fingerprint density at radius 1 is 1.42 bits per heavy atom. The number of aliphatic hydroxyl groups excluding tert-OH is 2. The molecule has 7 atom stereocenters. The SMILES string of the molecule is C=C1[C@H](O)C[C@H](O)[C@]2(C)CC[C@@H]3[C@H](OC(=O)[C@H]3C)[C@H]12. The summed E-state index contributed by atoms with van der Waals surface area (Å²) in [5.41, 5.74) is 0.395. The van der Waals surface area contributed by atoms with E-state index >= 15 is 0 Å². The van der Waals surface area contributed by atoms with E-state index in [1.807, 2.05) is 13.8 Å². The molecule has 0 bridgehead atoms. The number of fused-ring (bicyclic) bond motifs is 3. The molecule has 1 saturated heterocycles. The van der Waals surface area contributed by atoms with E-state index in [1.54, 1.807) is 0 Å². The Morgan fingerprint density at radius 3 is 2.79 bits per heavy atom. The lowest BCUT2D eigenvalue weighted by molar-refractivity contribution is -0.155. The van der Waals surface area contributed by atoms with E-state index in [1.165, 1.54) is 0 Å². The van der Waals surface area contributed by atoms with Crippen LogP contribution in [0.25, 0.3) is 0 Å². The quantitative estimate of drug-likeness (QED) is 0.512. The highest BCUT2D eigenvalue weighted by molar-refractivity contribution is 5.75. The maximum absolute atomic E-state index is 11.8. The van der Waals surface area contributed by atoms with E-state index < -0.39 is 12.2 Å². The Bertz CT molecular complexity index is 432. The van der Waals surface area contributed by atoms with Crippen LogP contribution in [0, 0.1) is 23.2 Å². The molecular formula is C15H22O4. The molecular weight excluding hydrogens is 244 g/mol. The topological polar surface area (TPSA) is 66.8 Å². The summed E-state index contributed by atoms with van der Waals surface area (Å²) >= 11 is 0. The van der Waals surface area contributed by atoms with Gasteiger partial charge < -0.3 is 14.9 Å². The van der Waals surface area contributed by atoms with Crippen LogP contribution >= 0.6 is 0 Å². The molecule has 4 heteroatoms. The number of carbonyl (C=O) groups excluding carboxylic acids is 1. The molecule has 0 aromatic heterocycles. The largest absolute Gasteiger partial charge is 0.461 e. The predicted molar refractivity (Wildman–Crippen MR) is 69.1 cm³/mol. The lowest BCUT2D eigenvalue weighted by Crippen LogP contribution is -2.56. The van der Waals surface area contributed by atoms with Gasteiger partial charge in [0.15, 0.2) is 0 Å². The maximum Gasteiger partial charge on any atom is 0.309 e. The number of rotatable bonds is 0. The van der Waals surface area contributed by atoms with Crippen molar-refractivity contribution >= 4 is 5.97 Å². The lowest BCUT2D eigenvalue weighted by Gasteiger charge is -2.54. The summed E-state index contributed by atoms with van der Waals surface area (Å²) in [4.78, 5) is 11.8. The molecule has 2 aliphatic carbocycles.